The van der Waals surface area contributed by atoms with Gasteiger partial charge >= 0.3 is 0 Å². The standard InChI is InChI=1S/C21H31N3O3/c1-17(18-5-3-2-4-6-18)7-8-22-21(26)19-15-20(25)24(16-19)10-9-23-11-13-27-14-12-23/h2-6,17,19H,7-16H2,1H3,(H,22,26). The zero-order valence-corrected chi connectivity index (χ0v) is 16.2. The maximum atomic E-state index is 12.4. The average Bonchev–Trinajstić information content (AvgIpc) is 3.08. The van der Waals surface area contributed by atoms with Gasteiger partial charge in [-0.3, -0.25) is 14.5 Å². The monoisotopic (exact) mass is 373 g/mol. The largest absolute Gasteiger partial charge is 0.379 e. The number of ether oxygens (including phenoxy) is 1. The summed E-state index contributed by atoms with van der Waals surface area (Å²) in [5, 5.41) is 3.03. The Morgan fingerprint density at radius 3 is 2.70 bits per heavy atom. The Morgan fingerprint density at radius 1 is 1.22 bits per heavy atom. The zero-order valence-electron chi connectivity index (χ0n) is 16.2. The van der Waals surface area contributed by atoms with Gasteiger partial charge in [-0.2, -0.15) is 0 Å². The molecule has 0 aliphatic carbocycles. The fraction of sp³-hybridized carbons (Fsp3) is 0.619. The average molecular weight is 373 g/mol. The molecule has 2 atom stereocenters. The summed E-state index contributed by atoms with van der Waals surface area (Å²) in [6, 6.07) is 10.3. The van der Waals surface area contributed by atoms with Gasteiger partial charge in [0.25, 0.3) is 0 Å². The van der Waals surface area contributed by atoms with Crippen LogP contribution in [0, 0.1) is 5.92 Å². The van der Waals surface area contributed by atoms with Crippen molar-refractivity contribution in [3.8, 4) is 0 Å². The molecule has 0 spiro atoms. The van der Waals surface area contributed by atoms with E-state index < -0.39 is 0 Å². The maximum absolute atomic E-state index is 12.4. The zero-order chi connectivity index (χ0) is 19.1. The number of likely N-dealkylation sites (tertiary alicyclic amines) is 1. The summed E-state index contributed by atoms with van der Waals surface area (Å²) in [6.45, 7) is 8.30. The quantitative estimate of drug-likeness (QED) is 0.750. The van der Waals surface area contributed by atoms with E-state index in [9.17, 15) is 9.59 Å². The number of hydrogen-bond donors (Lipinski definition) is 1. The van der Waals surface area contributed by atoms with Crippen LogP contribution in [0.15, 0.2) is 30.3 Å². The van der Waals surface area contributed by atoms with Crippen molar-refractivity contribution in [2.75, 3.05) is 52.5 Å². The minimum Gasteiger partial charge on any atom is -0.379 e. The lowest BCUT2D eigenvalue weighted by atomic mass is 9.98. The molecule has 2 saturated heterocycles. The number of benzene rings is 1. The van der Waals surface area contributed by atoms with Gasteiger partial charge in [0, 0.05) is 45.7 Å². The van der Waals surface area contributed by atoms with Gasteiger partial charge in [0.1, 0.15) is 0 Å². The normalized spacial score (nSPS) is 22.0. The van der Waals surface area contributed by atoms with Crippen LogP contribution < -0.4 is 5.32 Å². The maximum Gasteiger partial charge on any atom is 0.225 e. The molecule has 2 fully saturated rings. The van der Waals surface area contributed by atoms with Crippen molar-refractivity contribution >= 4 is 11.8 Å². The van der Waals surface area contributed by atoms with Crippen LogP contribution in [0.25, 0.3) is 0 Å². The van der Waals surface area contributed by atoms with Crippen molar-refractivity contribution in [2.24, 2.45) is 5.92 Å². The molecule has 148 valence electrons. The molecule has 0 aromatic heterocycles. The van der Waals surface area contributed by atoms with Crippen LogP contribution in [0.5, 0.6) is 0 Å². The first-order chi connectivity index (χ1) is 13.1. The highest BCUT2D eigenvalue weighted by molar-refractivity contribution is 5.89. The number of nitrogens with one attached hydrogen (secondary N) is 1. The molecule has 3 rings (SSSR count). The van der Waals surface area contributed by atoms with Crippen molar-refractivity contribution in [1.82, 2.24) is 15.1 Å². The van der Waals surface area contributed by atoms with E-state index in [0.29, 0.717) is 32.0 Å². The number of hydrogen-bond acceptors (Lipinski definition) is 4. The lowest BCUT2D eigenvalue weighted by molar-refractivity contribution is -0.129. The summed E-state index contributed by atoms with van der Waals surface area (Å²) in [4.78, 5) is 28.8. The predicted molar refractivity (Wildman–Crippen MR) is 104 cm³/mol. The minimum atomic E-state index is -0.214. The van der Waals surface area contributed by atoms with Crippen molar-refractivity contribution in [3.05, 3.63) is 35.9 Å². The molecular formula is C21H31N3O3. The van der Waals surface area contributed by atoms with Crippen molar-refractivity contribution in [2.45, 2.75) is 25.7 Å². The van der Waals surface area contributed by atoms with Gasteiger partial charge in [-0.05, 0) is 17.9 Å². The molecular weight excluding hydrogens is 342 g/mol. The lowest BCUT2D eigenvalue weighted by Crippen LogP contribution is -2.42. The van der Waals surface area contributed by atoms with Crippen LogP contribution in [0.2, 0.25) is 0 Å². The van der Waals surface area contributed by atoms with Crippen molar-refractivity contribution in [1.29, 1.82) is 0 Å². The molecule has 0 saturated carbocycles. The van der Waals surface area contributed by atoms with Gasteiger partial charge < -0.3 is 15.0 Å². The van der Waals surface area contributed by atoms with Gasteiger partial charge in [-0.15, -0.1) is 0 Å². The Labute approximate surface area is 161 Å². The molecule has 2 unspecified atom stereocenters. The first-order valence-corrected chi connectivity index (χ1v) is 10.0. The molecule has 1 aromatic carbocycles. The van der Waals surface area contributed by atoms with Crippen molar-refractivity contribution in [3.63, 3.8) is 0 Å². The fourth-order valence-electron chi connectivity index (χ4n) is 3.76. The topological polar surface area (TPSA) is 61.9 Å². The van der Waals surface area contributed by atoms with E-state index in [-0.39, 0.29) is 17.7 Å². The van der Waals surface area contributed by atoms with Crippen LogP contribution in [0.4, 0.5) is 0 Å². The number of morpholine rings is 1. The van der Waals surface area contributed by atoms with Crippen molar-refractivity contribution < 1.29 is 14.3 Å². The molecule has 0 radical (unpaired) electrons. The van der Waals surface area contributed by atoms with Gasteiger partial charge in [-0.25, -0.2) is 0 Å². The highest BCUT2D eigenvalue weighted by Crippen LogP contribution is 2.20. The molecule has 0 bridgehead atoms. The Kier molecular flexibility index (Phi) is 7.24. The third kappa shape index (κ3) is 5.78. The second kappa shape index (κ2) is 9.85. The Balaban J connectivity index is 1.37. The van der Waals surface area contributed by atoms with E-state index in [1.165, 1.54) is 5.56 Å². The summed E-state index contributed by atoms with van der Waals surface area (Å²) in [6.07, 6.45) is 1.24. The molecule has 1 aromatic rings. The molecule has 1 N–H and O–H groups in total. The van der Waals surface area contributed by atoms with Gasteiger partial charge in [0.15, 0.2) is 0 Å². The molecule has 2 amide bonds. The summed E-state index contributed by atoms with van der Waals surface area (Å²) < 4.78 is 5.35. The summed E-state index contributed by atoms with van der Waals surface area (Å²) in [5.41, 5.74) is 1.29. The van der Waals surface area contributed by atoms with Crippen LogP contribution in [0.1, 0.15) is 31.2 Å². The third-order valence-electron chi connectivity index (χ3n) is 5.62. The first kappa shape index (κ1) is 19.8. The van der Waals surface area contributed by atoms with E-state index in [0.717, 1.165) is 39.3 Å². The Morgan fingerprint density at radius 2 is 1.96 bits per heavy atom. The van der Waals surface area contributed by atoms with Gasteiger partial charge in [0.2, 0.25) is 11.8 Å². The smallest absolute Gasteiger partial charge is 0.225 e. The highest BCUT2D eigenvalue weighted by Gasteiger charge is 2.34. The molecule has 6 nitrogen and oxygen atoms in total. The summed E-state index contributed by atoms with van der Waals surface area (Å²) in [5.74, 6) is 0.300. The van der Waals surface area contributed by atoms with Crippen LogP contribution in [-0.2, 0) is 14.3 Å². The van der Waals surface area contributed by atoms with E-state index in [1.54, 1.807) is 0 Å². The van der Waals surface area contributed by atoms with Crippen LogP contribution in [-0.4, -0.2) is 74.1 Å². The van der Waals surface area contributed by atoms with Crippen LogP contribution in [0.3, 0.4) is 0 Å². The van der Waals surface area contributed by atoms with E-state index in [4.69, 9.17) is 4.74 Å². The van der Waals surface area contributed by atoms with E-state index in [1.807, 2.05) is 23.1 Å². The highest BCUT2D eigenvalue weighted by atomic mass is 16.5. The SMILES string of the molecule is CC(CCNC(=O)C1CC(=O)N(CCN2CCOCC2)C1)c1ccccc1. The number of amides is 2. The number of carbonyl (C=O) groups excluding carboxylic acids is 2. The van der Waals surface area contributed by atoms with E-state index in [2.05, 4.69) is 29.3 Å². The number of nitrogens with zero attached hydrogens (tertiary/aromatic N) is 2. The summed E-state index contributed by atoms with van der Waals surface area (Å²) >= 11 is 0. The predicted octanol–water partition coefficient (Wildman–Crippen LogP) is 1.48. The first-order valence-electron chi connectivity index (χ1n) is 10.0. The second-order valence-electron chi connectivity index (χ2n) is 7.59. The fourth-order valence-corrected chi connectivity index (χ4v) is 3.76. The lowest BCUT2D eigenvalue weighted by Gasteiger charge is -2.28. The van der Waals surface area contributed by atoms with Crippen LogP contribution >= 0.6 is 0 Å². The number of carbonyl (C=O) groups is 2. The third-order valence-corrected chi connectivity index (χ3v) is 5.62. The van der Waals surface area contributed by atoms with E-state index >= 15 is 0 Å². The molecule has 6 heteroatoms. The molecule has 2 aliphatic rings. The molecule has 2 aliphatic heterocycles. The minimum absolute atomic E-state index is 0.0116. The van der Waals surface area contributed by atoms with Gasteiger partial charge in [-0.1, -0.05) is 37.3 Å². The molecule has 27 heavy (non-hydrogen) atoms. The van der Waals surface area contributed by atoms with Gasteiger partial charge in [0.05, 0.1) is 19.1 Å². The molecule has 2 heterocycles. The Hall–Kier alpha value is -1.92. The summed E-state index contributed by atoms with van der Waals surface area (Å²) in [7, 11) is 0. The second-order valence-corrected chi connectivity index (χ2v) is 7.59. The Bertz CT molecular complexity index is 616. The number of rotatable bonds is 8.